The number of benzene rings is 1. The SMILES string of the molecule is SCC#Cc1ccc(Cl)c(Cl)c1. The lowest BCUT2D eigenvalue weighted by Crippen LogP contribution is -1.75. The minimum atomic E-state index is 0.530. The molecule has 0 nitrogen and oxygen atoms in total. The van der Waals surface area contributed by atoms with Crippen LogP contribution in [0.1, 0.15) is 5.56 Å². The Kier molecular flexibility index (Phi) is 3.81. The van der Waals surface area contributed by atoms with Gasteiger partial charge in [-0.1, -0.05) is 35.0 Å². The van der Waals surface area contributed by atoms with Crippen LogP contribution in [0.15, 0.2) is 18.2 Å². The van der Waals surface area contributed by atoms with E-state index in [1.54, 1.807) is 12.1 Å². The summed E-state index contributed by atoms with van der Waals surface area (Å²) in [6.45, 7) is 0. The summed E-state index contributed by atoms with van der Waals surface area (Å²) in [5.41, 5.74) is 0.860. The first kappa shape index (κ1) is 9.80. The highest BCUT2D eigenvalue weighted by molar-refractivity contribution is 7.80. The van der Waals surface area contributed by atoms with Gasteiger partial charge in [0.15, 0.2) is 0 Å². The van der Waals surface area contributed by atoms with E-state index in [1.165, 1.54) is 0 Å². The summed E-state index contributed by atoms with van der Waals surface area (Å²) < 4.78 is 0. The van der Waals surface area contributed by atoms with E-state index >= 15 is 0 Å². The fraction of sp³-hybridized carbons (Fsp3) is 0.111. The molecule has 0 N–H and O–H groups in total. The van der Waals surface area contributed by atoms with Crippen molar-refractivity contribution in [1.82, 2.24) is 0 Å². The monoisotopic (exact) mass is 216 g/mol. The second-order valence-corrected chi connectivity index (χ2v) is 3.22. The van der Waals surface area contributed by atoms with Crippen molar-refractivity contribution in [2.24, 2.45) is 0 Å². The van der Waals surface area contributed by atoms with Crippen LogP contribution in [-0.4, -0.2) is 5.75 Å². The lowest BCUT2D eigenvalue weighted by Gasteiger charge is -1.94. The minimum absolute atomic E-state index is 0.530. The van der Waals surface area contributed by atoms with Crippen LogP contribution in [0.4, 0.5) is 0 Å². The first-order valence-electron chi connectivity index (χ1n) is 3.29. The van der Waals surface area contributed by atoms with Gasteiger partial charge in [-0.2, -0.15) is 12.6 Å². The lowest BCUT2D eigenvalue weighted by atomic mass is 10.2. The Labute approximate surface area is 87.3 Å². The third-order valence-corrected chi connectivity index (χ3v) is 2.13. The van der Waals surface area contributed by atoms with Gasteiger partial charge in [0.1, 0.15) is 0 Å². The average Bonchev–Trinajstić information content (AvgIpc) is 2.07. The zero-order valence-electron chi connectivity index (χ0n) is 6.14. The molecule has 0 spiro atoms. The maximum absolute atomic E-state index is 5.77. The number of hydrogen-bond acceptors (Lipinski definition) is 1. The third kappa shape index (κ3) is 2.64. The van der Waals surface area contributed by atoms with Gasteiger partial charge in [-0.3, -0.25) is 0 Å². The van der Waals surface area contributed by atoms with Crippen molar-refractivity contribution >= 4 is 35.8 Å². The summed E-state index contributed by atoms with van der Waals surface area (Å²) >= 11 is 15.5. The van der Waals surface area contributed by atoms with Crippen molar-refractivity contribution < 1.29 is 0 Å². The van der Waals surface area contributed by atoms with Gasteiger partial charge in [0, 0.05) is 5.56 Å². The first-order valence-corrected chi connectivity index (χ1v) is 4.67. The Balaban J connectivity index is 2.97. The van der Waals surface area contributed by atoms with Crippen molar-refractivity contribution in [2.75, 3.05) is 5.75 Å². The molecule has 0 saturated heterocycles. The van der Waals surface area contributed by atoms with Crippen molar-refractivity contribution in [3.05, 3.63) is 33.8 Å². The van der Waals surface area contributed by atoms with Crippen LogP contribution in [0.25, 0.3) is 0 Å². The van der Waals surface area contributed by atoms with E-state index < -0.39 is 0 Å². The molecule has 1 rings (SSSR count). The van der Waals surface area contributed by atoms with Crippen molar-refractivity contribution in [3.63, 3.8) is 0 Å². The van der Waals surface area contributed by atoms with Gasteiger partial charge < -0.3 is 0 Å². The zero-order chi connectivity index (χ0) is 8.97. The molecule has 0 amide bonds. The van der Waals surface area contributed by atoms with E-state index in [4.69, 9.17) is 23.2 Å². The molecule has 0 unspecified atom stereocenters. The van der Waals surface area contributed by atoms with Gasteiger partial charge in [-0.25, -0.2) is 0 Å². The highest BCUT2D eigenvalue weighted by Crippen LogP contribution is 2.21. The summed E-state index contributed by atoms with van der Waals surface area (Å²) in [6, 6.07) is 5.29. The van der Waals surface area contributed by atoms with E-state index in [0.717, 1.165) is 5.56 Å². The molecule has 0 bridgehead atoms. The summed E-state index contributed by atoms with van der Waals surface area (Å²) in [6.07, 6.45) is 0. The zero-order valence-corrected chi connectivity index (χ0v) is 8.55. The molecular formula is C9H6Cl2S. The number of thiol groups is 1. The van der Waals surface area contributed by atoms with E-state index in [2.05, 4.69) is 24.5 Å². The molecule has 0 aliphatic heterocycles. The molecule has 0 aromatic heterocycles. The average molecular weight is 217 g/mol. The molecule has 3 heteroatoms. The minimum Gasteiger partial charge on any atom is -0.166 e. The maximum Gasteiger partial charge on any atom is 0.0604 e. The third-order valence-electron chi connectivity index (χ3n) is 1.23. The van der Waals surface area contributed by atoms with Crippen LogP contribution in [0.3, 0.4) is 0 Å². The fourth-order valence-corrected chi connectivity index (χ4v) is 1.09. The molecular weight excluding hydrogens is 211 g/mol. The van der Waals surface area contributed by atoms with Gasteiger partial charge in [0.05, 0.1) is 15.8 Å². The van der Waals surface area contributed by atoms with Gasteiger partial charge in [-0.15, -0.1) is 0 Å². The quantitative estimate of drug-likeness (QED) is 0.500. The van der Waals surface area contributed by atoms with Crippen LogP contribution in [0.5, 0.6) is 0 Å². The van der Waals surface area contributed by atoms with Gasteiger partial charge >= 0.3 is 0 Å². The summed E-state index contributed by atoms with van der Waals surface area (Å²) in [7, 11) is 0. The standard InChI is InChI=1S/C9H6Cl2S/c10-8-4-3-7(2-1-5-12)6-9(8)11/h3-4,6,12H,5H2. The maximum atomic E-state index is 5.77. The highest BCUT2D eigenvalue weighted by Gasteiger charge is 1.95. The first-order chi connectivity index (χ1) is 5.74. The van der Waals surface area contributed by atoms with Crippen LogP contribution < -0.4 is 0 Å². The van der Waals surface area contributed by atoms with E-state index in [9.17, 15) is 0 Å². The Morgan fingerprint density at radius 3 is 2.58 bits per heavy atom. The van der Waals surface area contributed by atoms with Crippen LogP contribution in [0.2, 0.25) is 10.0 Å². The van der Waals surface area contributed by atoms with Gasteiger partial charge in [0.25, 0.3) is 0 Å². The highest BCUT2D eigenvalue weighted by atomic mass is 35.5. The molecule has 1 aromatic rings. The Hall–Kier alpha value is -0.290. The molecule has 0 aliphatic rings. The Morgan fingerprint density at radius 1 is 1.25 bits per heavy atom. The van der Waals surface area contributed by atoms with E-state index in [1.807, 2.05) is 6.07 Å². The van der Waals surface area contributed by atoms with Crippen molar-refractivity contribution in [1.29, 1.82) is 0 Å². The van der Waals surface area contributed by atoms with Crippen molar-refractivity contribution in [3.8, 4) is 11.8 Å². The number of rotatable bonds is 0. The van der Waals surface area contributed by atoms with E-state index in [0.29, 0.717) is 15.8 Å². The molecule has 0 radical (unpaired) electrons. The summed E-state index contributed by atoms with van der Waals surface area (Å²) in [4.78, 5) is 0. The molecule has 62 valence electrons. The molecule has 0 atom stereocenters. The fourth-order valence-electron chi connectivity index (χ4n) is 0.715. The molecule has 0 saturated carbocycles. The topological polar surface area (TPSA) is 0 Å². The largest absolute Gasteiger partial charge is 0.166 e. The predicted octanol–water partition coefficient (Wildman–Crippen LogP) is 3.27. The Morgan fingerprint density at radius 2 is 2.00 bits per heavy atom. The molecule has 0 heterocycles. The smallest absolute Gasteiger partial charge is 0.0604 e. The normalized spacial score (nSPS) is 8.92. The van der Waals surface area contributed by atoms with E-state index in [-0.39, 0.29) is 0 Å². The molecule has 0 fully saturated rings. The summed E-state index contributed by atoms with van der Waals surface area (Å²) in [5, 5.41) is 1.08. The Bertz CT molecular complexity index is 336. The van der Waals surface area contributed by atoms with Crippen LogP contribution >= 0.6 is 35.8 Å². The van der Waals surface area contributed by atoms with Crippen molar-refractivity contribution in [2.45, 2.75) is 0 Å². The second-order valence-electron chi connectivity index (χ2n) is 2.09. The lowest BCUT2D eigenvalue weighted by molar-refractivity contribution is 1.64. The molecule has 1 aromatic carbocycles. The number of hydrogen-bond donors (Lipinski definition) is 1. The number of halogens is 2. The van der Waals surface area contributed by atoms with Crippen LogP contribution in [0, 0.1) is 11.8 Å². The molecule has 12 heavy (non-hydrogen) atoms. The van der Waals surface area contributed by atoms with Crippen LogP contribution in [-0.2, 0) is 0 Å². The van der Waals surface area contributed by atoms with Gasteiger partial charge in [-0.05, 0) is 18.2 Å². The second kappa shape index (κ2) is 4.67. The predicted molar refractivity (Wildman–Crippen MR) is 57.2 cm³/mol. The van der Waals surface area contributed by atoms with Gasteiger partial charge in [0.2, 0.25) is 0 Å². The summed E-state index contributed by atoms with van der Waals surface area (Å²) in [5.74, 6) is 6.26. The molecule has 0 aliphatic carbocycles.